The number of halogens is 1. The third-order valence-electron chi connectivity index (χ3n) is 8.40. The number of benzene rings is 1. The van der Waals surface area contributed by atoms with Crippen molar-refractivity contribution >= 4 is 27.1 Å². The number of hydrogen-bond donors (Lipinski definition) is 1. The van der Waals surface area contributed by atoms with Gasteiger partial charge in [-0.25, -0.2) is 41.5 Å². The van der Waals surface area contributed by atoms with Gasteiger partial charge in [0.1, 0.15) is 6.33 Å². The highest BCUT2D eigenvalue weighted by molar-refractivity contribution is 7.90. The van der Waals surface area contributed by atoms with Crippen LogP contribution in [0.1, 0.15) is 55.5 Å². The number of nitrogens with one attached hydrogen (secondary N) is 1. The number of nitrogens with zero attached hydrogens (tertiary/aromatic N) is 6. The minimum atomic E-state index is -4.00. The maximum atomic E-state index is 15.1. The van der Waals surface area contributed by atoms with Crippen LogP contribution in [0, 0.1) is 25.6 Å². The van der Waals surface area contributed by atoms with Crippen molar-refractivity contribution in [1.82, 2.24) is 34.1 Å². The van der Waals surface area contributed by atoms with E-state index in [0.29, 0.717) is 23.1 Å². The topological polar surface area (TPSA) is 123 Å². The van der Waals surface area contributed by atoms with E-state index in [-0.39, 0.29) is 40.1 Å². The summed E-state index contributed by atoms with van der Waals surface area (Å²) in [6, 6.07) is 6.65. The minimum absolute atomic E-state index is 0.0108. The summed E-state index contributed by atoms with van der Waals surface area (Å²) in [5, 5.41) is 3.64. The Hall–Kier alpha value is -3.93. The van der Waals surface area contributed by atoms with Crippen molar-refractivity contribution in [1.29, 1.82) is 0 Å². The first kappa shape index (κ1) is 28.2. The molecule has 0 bridgehead atoms. The molecule has 6 rings (SSSR count). The fraction of sp³-hybridized carbons (Fsp3) is 0.433. The second-order valence-electron chi connectivity index (χ2n) is 11.4. The SMILES string of the molecule is Cc1ccc(S(=O)(=O)n2c(C)c(-c3ncc(F)c(C[C@@H]4CCC[C@H](NC(=O)N5CCCC5)C4)n3)c3cncnc32)cc1. The van der Waals surface area contributed by atoms with E-state index in [1.165, 1.54) is 16.5 Å². The molecule has 4 heterocycles. The van der Waals surface area contributed by atoms with E-state index >= 15 is 4.39 Å². The third-order valence-corrected chi connectivity index (χ3v) is 10.2. The van der Waals surface area contributed by atoms with Crippen LogP contribution in [0.3, 0.4) is 0 Å². The molecule has 2 atom stereocenters. The van der Waals surface area contributed by atoms with E-state index in [0.717, 1.165) is 63.4 Å². The van der Waals surface area contributed by atoms with Crippen LogP contribution >= 0.6 is 0 Å². The van der Waals surface area contributed by atoms with Gasteiger partial charge in [-0.05, 0) is 70.4 Å². The molecule has 3 aromatic heterocycles. The van der Waals surface area contributed by atoms with Crippen molar-refractivity contribution in [3.63, 3.8) is 0 Å². The Morgan fingerprint density at radius 3 is 2.57 bits per heavy atom. The van der Waals surface area contributed by atoms with Crippen LogP contribution in [-0.2, 0) is 16.4 Å². The van der Waals surface area contributed by atoms with Gasteiger partial charge in [0.05, 0.1) is 22.3 Å². The second-order valence-corrected chi connectivity index (χ2v) is 13.2. The number of aryl methyl sites for hydroxylation is 1. The number of carbonyl (C=O) groups excluding carboxylic acids is 1. The lowest BCUT2D eigenvalue weighted by molar-refractivity contribution is 0.195. The molecule has 1 N–H and O–H groups in total. The summed E-state index contributed by atoms with van der Waals surface area (Å²) in [7, 11) is -4.00. The molecule has 1 saturated carbocycles. The van der Waals surface area contributed by atoms with E-state index in [9.17, 15) is 13.2 Å². The molecule has 0 radical (unpaired) electrons. The molecule has 42 heavy (non-hydrogen) atoms. The van der Waals surface area contributed by atoms with Gasteiger partial charge < -0.3 is 10.2 Å². The molecule has 1 saturated heterocycles. The highest BCUT2D eigenvalue weighted by Crippen LogP contribution is 2.35. The third kappa shape index (κ3) is 5.35. The first-order chi connectivity index (χ1) is 20.2. The summed E-state index contributed by atoms with van der Waals surface area (Å²) in [5.41, 5.74) is 2.23. The Labute approximate surface area is 244 Å². The van der Waals surface area contributed by atoms with Gasteiger partial charge in [-0.2, -0.15) is 0 Å². The summed E-state index contributed by atoms with van der Waals surface area (Å²) in [6.45, 7) is 5.15. The number of aromatic nitrogens is 5. The zero-order valence-corrected chi connectivity index (χ0v) is 24.6. The zero-order chi connectivity index (χ0) is 29.4. The van der Waals surface area contributed by atoms with E-state index < -0.39 is 15.8 Å². The average Bonchev–Trinajstić information content (AvgIpc) is 3.61. The van der Waals surface area contributed by atoms with Crippen LogP contribution in [0.15, 0.2) is 47.9 Å². The van der Waals surface area contributed by atoms with Crippen molar-refractivity contribution < 1.29 is 17.6 Å². The molecule has 0 unspecified atom stereocenters. The fourth-order valence-corrected chi connectivity index (χ4v) is 7.76. The molecule has 10 nitrogen and oxygen atoms in total. The molecule has 2 fully saturated rings. The molecule has 1 aliphatic carbocycles. The summed E-state index contributed by atoms with van der Waals surface area (Å²) in [5.74, 6) is -0.143. The monoisotopic (exact) mass is 591 g/mol. The van der Waals surface area contributed by atoms with Gasteiger partial charge in [0.15, 0.2) is 17.3 Å². The second kappa shape index (κ2) is 11.4. The van der Waals surface area contributed by atoms with Gasteiger partial charge in [0.25, 0.3) is 10.0 Å². The lowest BCUT2D eigenvalue weighted by Crippen LogP contribution is -2.45. The molecular weight excluding hydrogens is 557 g/mol. The minimum Gasteiger partial charge on any atom is -0.335 e. The normalized spacial score (nSPS) is 19.4. The van der Waals surface area contributed by atoms with Crippen LogP contribution < -0.4 is 5.32 Å². The van der Waals surface area contributed by atoms with E-state index in [1.54, 1.807) is 31.2 Å². The van der Waals surface area contributed by atoms with E-state index in [1.807, 2.05) is 11.8 Å². The van der Waals surface area contributed by atoms with Gasteiger partial charge >= 0.3 is 6.03 Å². The molecule has 0 spiro atoms. The van der Waals surface area contributed by atoms with Gasteiger partial charge in [0.2, 0.25) is 0 Å². The highest BCUT2D eigenvalue weighted by atomic mass is 32.2. The lowest BCUT2D eigenvalue weighted by atomic mass is 9.83. The number of urea groups is 1. The number of likely N-dealkylation sites (tertiary alicyclic amines) is 1. The molecule has 220 valence electrons. The Bertz CT molecular complexity index is 1730. The maximum absolute atomic E-state index is 15.1. The summed E-state index contributed by atoms with van der Waals surface area (Å²) in [4.78, 5) is 32.0. The number of hydrogen-bond acceptors (Lipinski definition) is 7. The Kier molecular flexibility index (Phi) is 7.65. The molecule has 2 aliphatic rings. The lowest BCUT2D eigenvalue weighted by Gasteiger charge is -2.31. The quantitative estimate of drug-likeness (QED) is 0.342. The predicted octanol–water partition coefficient (Wildman–Crippen LogP) is 4.79. The zero-order valence-electron chi connectivity index (χ0n) is 23.8. The molecular formula is C30H34FN7O3S. The molecule has 1 aliphatic heterocycles. The van der Waals surface area contributed by atoms with Crippen molar-refractivity contribution in [2.24, 2.45) is 5.92 Å². The van der Waals surface area contributed by atoms with E-state index in [4.69, 9.17) is 0 Å². The van der Waals surface area contributed by atoms with Gasteiger partial charge in [-0.15, -0.1) is 0 Å². The van der Waals surface area contributed by atoms with Crippen molar-refractivity contribution in [3.8, 4) is 11.4 Å². The summed E-state index contributed by atoms with van der Waals surface area (Å²) >= 11 is 0. The summed E-state index contributed by atoms with van der Waals surface area (Å²) < 4.78 is 43.8. The van der Waals surface area contributed by atoms with Gasteiger partial charge in [-0.1, -0.05) is 24.1 Å². The van der Waals surface area contributed by atoms with Crippen LogP contribution in [0.25, 0.3) is 22.4 Å². The maximum Gasteiger partial charge on any atom is 0.317 e. The predicted molar refractivity (Wildman–Crippen MR) is 156 cm³/mol. The summed E-state index contributed by atoms with van der Waals surface area (Å²) in [6.07, 6.45) is 9.96. The Balaban J connectivity index is 1.30. The fourth-order valence-electron chi connectivity index (χ4n) is 6.24. The van der Waals surface area contributed by atoms with Crippen molar-refractivity contribution in [2.75, 3.05) is 13.1 Å². The molecule has 2 amide bonds. The van der Waals surface area contributed by atoms with Crippen LogP contribution in [-0.4, -0.2) is 62.4 Å². The van der Waals surface area contributed by atoms with Crippen molar-refractivity contribution in [2.45, 2.75) is 69.7 Å². The van der Waals surface area contributed by atoms with Crippen LogP contribution in [0.4, 0.5) is 9.18 Å². The number of carbonyl (C=O) groups is 1. The number of amides is 2. The van der Waals surface area contributed by atoms with Crippen LogP contribution in [0.2, 0.25) is 0 Å². The molecule has 12 heteroatoms. The standard InChI is InChI=1S/C30H34FN7O3S/c1-19-8-10-23(11-9-19)42(40,41)38-20(2)27(24-16-32-18-34-29(24)38)28-33-17-25(31)26(36-28)15-21-6-5-7-22(14-21)35-30(39)37-12-3-4-13-37/h8-11,16-18,21-22H,3-7,12-15H2,1-2H3,(H,35,39)/t21-,22+/m1/s1. The number of rotatable bonds is 6. The first-order valence-electron chi connectivity index (χ1n) is 14.4. The molecule has 1 aromatic carbocycles. The highest BCUT2D eigenvalue weighted by Gasteiger charge is 2.30. The Morgan fingerprint density at radius 2 is 1.81 bits per heavy atom. The first-order valence-corrected chi connectivity index (χ1v) is 15.9. The van der Waals surface area contributed by atoms with Crippen molar-refractivity contribution in [3.05, 3.63) is 65.8 Å². The number of fused-ring (bicyclic) bond motifs is 1. The largest absolute Gasteiger partial charge is 0.335 e. The van der Waals surface area contributed by atoms with Gasteiger partial charge in [-0.3, -0.25) is 0 Å². The van der Waals surface area contributed by atoms with Gasteiger partial charge in [0, 0.05) is 36.4 Å². The smallest absolute Gasteiger partial charge is 0.317 e. The average molecular weight is 592 g/mol. The molecule has 4 aromatic rings. The Morgan fingerprint density at radius 1 is 1.05 bits per heavy atom. The van der Waals surface area contributed by atoms with E-state index in [2.05, 4.69) is 25.3 Å². The van der Waals surface area contributed by atoms with Crippen LogP contribution in [0.5, 0.6) is 0 Å².